The molecule has 1 N–H and O–H groups in total. The number of nitrogens with zero attached hydrogens (tertiary/aromatic N) is 1. The van der Waals surface area contributed by atoms with E-state index in [9.17, 15) is 4.79 Å². The molecular formula is C13H25ClN2O. The molecule has 0 spiro atoms. The SMILES string of the molecule is CCCN(C)C(=O)[C@@]12CCCC[C@H]1CNC2.Cl. The minimum absolute atomic E-state index is 0. The number of nitrogens with one attached hydrogen (secondary N) is 1. The largest absolute Gasteiger partial charge is 0.345 e. The molecule has 1 amide bonds. The molecule has 2 rings (SSSR count). The maximum absolute atomic E-state index is 12.6. The van der Waals surface area contributed by atoms with Gasteiger partial charge >= 0.3 is 0 Å². The van der Waals surface area contributed by atoms with Gasteiger partial charge in [-0.25, -0.2) is 0 Å². The number of carbonyl (C=O) groups is 1. The summed E-state index contributed by atoms with van der Waals surface area (Å²) in [4.78, 5) is 14.5. The van der Waals surface area contributed by atoms with Gasteiger partial charge in [0.25, 0.3) is 0 Å². The van der Waals surface area contributed by atoms with Crippen molar-refractivity contribution < 1.29 is 4.79 Å². The van der Waals surface area contributed by atoms with Gasteiger partial charge < -0.3 is 10.2 Å². The minimum atomic E-state index is -0.0534. The molecule has 1 saturated heterocycles. The first kappa shape index (κ1) is 14.8. The van der Waals surface area contributed by atoms with Gasteiger partial charge in [0.05, 0.1) is 5.41 Å². The third kappa shape index (κ3) is 2.60. The fourth-order valence-corrected chi connectivity index (χ4v) is 3.49. The summed E-state index contributed by atoms with van der Waals surface area (Å²) in [5.74, 6) is 0.983. The lowest BCUT2D eigenvalue weighted by atomic mass is 9.67. The fraction of sp³-hybridized carbons (Fsp3) is 0.923. The lowest BCUT2D eigenvalue weighted by molar-refractivity contribution is -0.144. The van der Waals surface area contributed by atoms with Gasteiger partial charge in [0, 0.05) is 20.1 Å². The molecule has 0 aromatic heterocycles. The van der Waals surface area contributed by atoms with E-state index in [1.54, 1.807) is 0 Å². The molecule has 1 heterocycles. The van der Waals surface area contributed by atoms with Crippen molar-refractivity contribution in [1.29, 1.82) is 0 Å². The predicted octanol–water partition coefficient (Wildman–Crippen LogP) is 2.06. The van der Waals surface area contributed by atoms with Gasteiger partial charge in [0.15, 0.2) is 0 Å². The molecule has 17 heavy (non-hydrogen) atoms. The lowest BCUT2D eigenvalue weighted by Gasteiger charge is -2.39. The molecular weight excluding hydrogens is 236 g/mol. The zero-order valence-corrected chi connectivity index (χ0v) is 11.8. The molecule has 4 heteroatoms. The van der Waals surface area contributed by atoms with Gasteiger partial charge in [-0.05, 0) is 31.7 Å². The molecule has 100 valence electrons. The van der Waals surface area contributed by atoms with Crippen molar-refractivity contribution in [2.75, 3.05) is 26.7 Å². The van der Waals surface area contributed by atoms with Crippen LogP contribution in [0.2, 0.25) is 0 Å². The highest BCUT2D eigenvalue weighted by Crippen LogP contribution is 2.44. The highest BCUT2D eigenvalue weighted by Gasteiger charge is 2.50. The summed E-state index contributed by atoms with van der Waals surface area (Å²) >= 11 is 0. The van der Waals surface area contributed by atoms with Crippen LogP contribution < -0.4 is 5.32 Å². The summed E-state index contributed by atoms with van der Waals surface area (Å²) in [5, 5.41) is 3.44. The van der Waals surface area contributed by atoms with E-state index in [1.807, 2.05) is 11.9 Å². The average molecular weight is 261 g/mol. The van der Waals surface area contributed by atoms with E-state index in [0.29, 0.717) is 11.8 Å². The Morgan fingerprint density at radius 2 is 2.24 bits per heavy atom. The standard InChI is InChI=1S/C13H24N2O.ClH/c1-3-8-15(2)12(16)13-7-5-4-6-11(13)9-14-10-13;/h11,14H,3-10H2,1-2H3;1H/t11-,13+;/m0./s1. The van der Waals surface area contributed by atoms with E-state index in [0.717, 1.165) is 32.5 Å². The third-order valence-electron chi connectivity index (χ3n) is 4.37. The van der Waals surface area contributed by atoms with Crippen LogP contribution in [0.25, 0.3) is 0 Å². The highest BCUT2D eigenvalue weighted by atomic mass is 35.5. The topological polar surface area (TPSA) is 32.3 Å². The Balaban J connectivity index is 0.00000144. The summed E-state index contributed by atoms with van der Waals surface area (Å²) in [7, 11) is 1.96. The molecule has 0 radical (unpaired) electrons. The second-order valence-corrected chi connectivity index (χ2v) is 5.46. The van der Waals surface area contributed by atoms with Gasteiger partial charge in [-0.15, -0.1) is 12.4 Å². The minimum Gasteiger partial charge on any atom is -0.345 e. The van der Waals surface area contributed by atoms with Crippen LogP contribution in [0.3, 0.4) is 0 Å². The number of fused-ring (bicyclic) bond motifs is 1. The maximum atomic E-state index is 12.6. The quantitative estimate of drug-likeness (QED) is 0.843. The van der Waals surface area contributed by atoms with Crippen LogP contribution in [0, 0.1) is 11.3 Å². The monoisotopic (exact) mass is 260 g/mol. The van der Waals surface area contributed by atoms with Crippen molar-refractivity contribution in [3.05, 3.63) is 0 Å². The second kappa shape index (κ2) is 6.05. The Morgan fingerprint density at radius 1 is 1.47 bits per heavy atom. The normalized spacial score (nSPS) is 31.5. The Kier molecular flexibility index (Phi) is 5.26. The van der Waals surface area contributed by atoms with Gasteiger partial charge in [0.1, 0.15) is 0 Å². The van der Waals surface area contributed by atoms with Crippen molar-refractivity contribution in [2.45, 2.75) is 39.0 Å². The number of hydrogen-bond acceptors (Lipinski definition) is 2. The second-order valence-electron chi connectivity index (χ2n) is 5.46. The maximum Gasteiger partial charge on any atom is 0.230 e. The van der Waals surface area contributed by atoms with E-state index < -0.39 is 0 Å². The first-order chi connectivity index (χ1) is 7.70. The molecule has 0 aromatic carbocycles. The van der Waals surface area contributed by atoms with Crippen LogP contribution in [-0.4, -0.2) is 37.5 Å². The van der Waals surface area contributed by atoms with Gasteiger partial charge in [-0.1, -0.05) is 19.8 Å². The predicted molar refractivity (Wildman–Crippen MR) is 72.4 cm³/mol. The molecule has 0 unspecified atom stereocenters. The molecule has 1 aliphatic heterocycles. The van der Waals surface area contributed by atoms with E-state index in [2.05, 4.69) is 12.2 Å². The van der Waals surface area contributed by atoms with E-state index in [1.165, 1.54) is 19.3 Å². The zero-order valence-electron chi connectivity index (χ0n) is 11.0. The first-order valence-electron chi connectivity index (χ1n) is 6.67. The lowest BCUT2D eigenvalue weighted by Crippen LogP contribution is -2.48. The highest BCUT2D eigenvalue weighted by molar-refractivity contribution is 5.85. The van der Waals surface area contributed by atoms with Crippen LogP contribution in [0.1, 0.15) is 39.0 Å². The first-order valence-corrected chi connectivity index (χ1v) is 6.67. The molecule has 0 bridgehead atoms. The van der Waals surface area contributed by atoms with Crippen LogP contribution in [-0.2, 0) is 4.79 Å². The Morgan fingerprint density at radius 3 is 2.94 bits per heavy atom. The summed E-state index contributed by atoms with van der Waals surface area (Å²) < 4.78 is 0. The Bertz CT molecular complexity index is 272. The number of rotatable bonds is 3. The van der Waals surface area contributed by atoms with E-state index in [-0.39, 0.29) is 17.8 Å². The van der Waals surface area contributed by atoms with Gasteiger partial charge in [-0.3, -0.25) is 4.79 Å². The third-order valence-corrected chi connectivity index (χ3v) is 4.37. The number of carbonyl (C=O) groups excluding carboxylic acids is 1. The Labute approximate surface area is 111 Å². The van der Waals surface area contributed by atoms with Crippen LogP contribution in [0.4, 0.5) is 0 Å². The smallest absolute Gasteiger partial charge is 0.230 e. The molecule has 1 aliphatic carbocycles. The number of halogens is 1. The van der Waals surface area contributed by atoms with Crippen molar-refractivity contribution in [1.82, 2.24) is 10.2 Å². The molecule has 2 fully saturated rings. The van der Waals surface area contributed by atoms with E-state index in [4.69, 9.17) is 0 Å². The Hall–Kier alpha value is -0.280. The van der Waals surface area contributed by atoms with Crippen LogP contribution in [0.15, 0.2) is 0 Å². The summed E-state index contributed by atoms with van der Waals surface area (Å²) in [6, 6.07) is 0. The summed E-state index contributed by atoms with van der Waals surface area (Å²) in [6.07, 6.45) is 5.91. The molecule has 1 saturated carbocycles. The molecule has 2 aliphatic rings. The van der Waals surface area contributed by atoms with Crippen molar-refractivity contribution in [3.63, 3.8) is 0 Å². The van der Waals surface area contributed by atoms with Crippen molar-refractivity contribution >= 4 is 18.3 Å². The van der Waals surface area contributed by atoms with Crippen LogP contribution >= 0.6 is 12.4 Å². The van der Waals surface area contributed by atoms with Gasteiger partial charge in [-0.2, -0.15) is 0 Å². The molecule has 3 nitrogen and oxygen atoms in total. The summed E-state index contributed by atoms with van der Waals surface area (Å²) in [5.41, 5.74) is -0.0534. The summed E-state index contributed by atoms with van der Waals surface area (Å²) in [6.45, 7) is 4.98. The zero-order chi connectivity index (χ0) is 11.6. The van der Waals surface area contributed by atoms with Crippen LogP contribution in [0.5, 0.6) is 0 Å². The number of hydrogen-bond donors (Lipinski definition) is 1. The molecule has 2 atom stereocenters. The number of amides is 1. The molecule has 0 aromatic rings. The van der Waals surface area contributed by atoms with Crippen molar-refractivity contribution in [2.24, 2.45) is 11.3 Å². The van der Waals surface area contributed by atoms with Gasteiger partial charge in [0.2, 0.25) is 5.91 Å². The fourth-order valence-electron chi connectivity index (χ4n) is 3.49. The van der Waals surface area contributed by atoms with Crippen molar-refractivity contribution in [3.8, 4) is 0 Å². The van der Waals surface area contributed by atoms with E-state index >= 15 is 0 Å². The average Bonchev–Trinajstić information content (AvgIpc) is 2.73.